The Kier molecular flexibility index (Phi) is 3.03. The molecular formula is C18H31NO. The van der Waals surface area contributed by atoms with E-state index in [0.717, 1.165) is 30.2 Å². The molecule has 2 N–H and O–H groups in total. The Morgan fingerprint density at radius 2 is 1.70 bits per heavy atom. The van der Waals surface area contributed by atoms with Crippen molar-refractivity contribution in [3.63, 3.8) is 0 Å². The molecule has 0 amide bonds. The van der Waals surface area contributed by atoms with Crippen LogP contribution in [0.15, 0.2) is 0 Å². The van der Waals surface area contributed by atoms with Gasteiger partial charge in [0.1, 0.15) is 0 Å². The summed E-state index contributed by atoms with van der Waals surface area (Å²) in [6, 6.07) is 0.771. The van der Waals surface area contributed by atoms with Crippen molar-refractivity contribution in [2.75, 3.05) is 6.54 Å². The second-order valence-corrected chi connectivity index (χ2v) is 8.73. The van der Waals surface area contributed by atoms with Gasteiger partial charge in [0, 0.05) is 6.04 Å². The molecule has 2 nitrogen and oxygen atoms in total. The molecule has 0 bridgehead atoms. The van der Waals surface area contributed by atoms with Crippen molar-refractivity contribution in [1.29, 1.82) is 0 Å². The number of hydrogen-bond acceptors (Lipinski definition) is 2. The van der Waals surface area contributed by atoms with Gasteiger partial charge < -0.3 is 10.4 Å². The Morgan fingerprint density at radius 3 is 2.55 bits per heavy atom. The van der Waals surface area contributed by atoms with Crippen molar-refractivity contribution in [2.24, 2.45) is 28.6 Å². The van der Waals surface area contributed by atoms with Crippen LogP contribution < -0.4 is 5.32 Å². The fraction of sp³-hybridized carbons (Fsp3) is 1.00. The third kappa shape index (κ3) is 1.64. The zero-order chi connectivity index (χ0) is 14.0. The number of aliphatic hydroxyl groups is 1. The van der Waals surface area contributed by atoms with Gasteiger partial charge in [0.05, 0.1) is 6.10 Å². The summed E-state index contributed by atoms with van der Waals surface area (Å²) in [5, 5.41) is 14.4. The average Bonchev–Trinajstić information content (AvgIpc) is 2.74. The van der Waals surface area contributed by atoms with Gasteiger partial charge in [-0.3, -0.25) is 0 Å². The predicted molar refractivity (Wildman–Crippen MR) is 81.4 cm³/mol. The minimum absolute atomic E-state index is 0.0367. The summed E-state index contributed by atoms with van der Waals surface area (Å²) in [5.74, 6) is 2.51. The van der Waals surface area contributed by atoms with Crippen LogP contribution in [0.25, 0.3) is 0 Å². The molecule has 0 spiro atoms. The minimum atomic E-state index is -0.0367. The standard InChI is InChI=1S/C18H31NO/c1-17-9-4-3-5-15(17)19-11-12-13-6-7-16(20)18(13,2)10-8-14(12)17/h12-16,19-20H,3-11H2,1-2H3/t12-,13-,14-,15+,16-,17+,18-/m0/s1. The quantitative estimate of drug-likeness (QED) is 0.712. The van der Waals surface area contributed by atoms with Gasteiger partial charge in [-0.25, -0.2) is 0 Å². The van der Waals surface area contributed by atoms with E-state index in [2.05, 4.69) is 19.2 Å². The van der Waals surface area contributed by atoms with Crippen molar-refractivity contribution in [1.82, 2.24) is 5.32 Å². The second kappa shape index (κ2) is 4.46. The summed E-state index contributed by atoms with van der Waals surface area (Å²) in [6.45, 7) is 6.17. The van der Waals surface area contributed by atoms with Crippen LogP contribution in [0.2, 0.25) is 0 Å². The lowest BCUT2D eigenvalue weighted by Crippen LogP contribution is -2.62. The first-order valence-corrected chi connectivity index (χ1v) is 8.97. The lowest BCUT2D eigenvalue weighted by Gasteiger charge is -2.60. The molecule has 20 heavy (non-hydrogen) atoms. The molecule has 7 atom stereocenters. The highest BCUT2D eigenvalue weighted by molar-refractivity contribution is 5.10. The van der Waals surface area contributed by atoms with Crippen molar-refractivity contribution >= 4 is 0 Å². The van der Waals surface area contributed by atoms with Crippen LogP contribution in [0.5, 0.6) is 0 Å². The van der Waals surface area contributed by atoms with E-state index >= 15 is 0 Å². The number of fused-ring (bicyclic) bond motifs is 5. The summed E-state index contributed by atoms with van der Waals surface area (Å²) in [6.07, 6.45) is 10.6. The molecule has 1 heterocycles. The second-order valence-electron chi connectivity index (χ2n) is 8.73. The molecule has 114 valence electrons. The minimum Gasteiger partial charge on any atom is -0.393 e. The first-order valence-electron chi connectivity index (χ1n) is 8.97. The van der Waals surface area contributed by atoms with Crippen molar-refractivity contribution in [3.05, 3.63) is 0 Å². The van der Waals surface area contributed by atoms with Crippen LogP contribution in [0.3, 0.4) is 0 Å². The highest BCUT2D eigenvalue weighted by Crippen LogP contribution is 2.62. The van der Waals surface area contributed by atoms with E-state index in [0.29, 0.717) is 5.41 Å². The molecule has 0 radical (unpaired) electrons. The molecule has 0 aromatic carbocycles. The molecular weight excluding hydrogens is 246 g/mol. The number of hydrogen-bond donors (Lipinski definition) is 2. The van der Waals surface area contributed by atoms with E-state index in [-0.39, 0.29) is 11.5 Å². The maximum absolute atomic E-state index is 10.5. The maximum atomic E-state index is 10.5. The summed E-state index contributed by atoms with van der Waals surface area (Å²) in [5.41, 5.74) is 0.761. The largest absolute Gasteiger partial charge is 0.393 e. The van der Waals surface area contributed by atoms with Gasteiger partial charge in [0.25, 0.3) is 0 Å². The van der Waals surface area contributed by atoms with Crippen LogP contribution in [0.4, 0.5) is 0 Å². The Balaban J connectivity index is 1.64. The first-order chi connectivity index (χ1) is 9.56. The van der Waals surface area contributed by atoms with Gasteiger partial charge in [-0.15, -0.1) is 0 Å². The fourth-order valence-corrected chi connectivity index (χ4v) is 6.78. The molecule has 2 heteroatoms. The van der Waals surface area contributed by atoms with E-state index in [9.17, 15) is 5.11 Å². The summed E-state index contributed by atoms with van der Waals surface area (Å²) in [4.78, 5) is 0. The Bertz CT molecular complexity index is 397. The van der Waals surface area contributed by atoms with E-state index < -0.39 is 0 Å². The average molecular weight is 277 g/mol. The zero-order valence-corrected chi connectivity index (χ0v) is 13.2. The maximum Gasteiger partial charge on any atom is 0.0596 e. The predicted octanol–water partition coefficient (Wildman–Crippen LogP) is 3.34. The molecule has 1 aliphatic heterocycles. The normalized spacial score (nSPS) is 58.6. The topological polar surface area (TPSA) is 32.3 Å². The molecule has 0 unspecified atom stereocenters. The first kappa shape index (κ1) is 13.6. The lowest BCUT2D eigenvalue weighted by atomic mass is 9.49. The number of nitrogens with one attached hydrogen (secondary N) is 1. The molecule has 1 saturated heterocycles. The lowest BCUT2D eigenvalue weighted by molar-refractivity contribution is -0.104. The van der Waals surface area contributed by atoms with Crippen molar-refractivity contribution in [3.8, 4) is 0 Å². The van der Waals surface area contributed by atoms with E-state index in [1.807, 2.05) is 0 Å². The zero-order valence-electron chi connectivity index (χ0n) is 13.2. The third-order valence-corrected chi connectivity index (χ3v) is 8.09. The van der Waals surface area contributed by atoms with E-state index in [4.69, 9.17) is 0 Å². The fourth-order valence-electron chi connectivity index (χ4n) is 6.78. The van der Waals surface area contributed by atoms with Crippen molar-refractivity contribution < 1.29 is 5.11 Å². The summed E-state index contributed by atoms with van der Waals surface area (Å²) in [7, 11) is 0. The molecule has 0 aromatic heterocycles. The Labute approximate surface area is 123 Å². The molecule has 4 rings (SSSR count). The molecule has 3 saturated carbocycles. The number of rotatable bonds is 0. The van der Waals surface area contributed by atoms with Gasteiger partial charge in [-0.2, -0.15) is 0 Å². The molecule has 3 aliphatic carbocycles. The van der Waals surface area contributed by atoms with E-state index in [1.54, 1.807) is 0 Å². The van der Waals surface area contributed by atoms with Crippen LogP contribution >= 0.6 is 0 Å². The SMILES string of the molecule is C[C@]12CCCC[C@H]1NC[C@@H]1[C@@H]2CC[C@]2(C)[C@@H](O)CC[C@@H]12. The van der Waals surface area contributed by atoms with E-state index in [1.165, 1.54) is 51.5 Å². The van der Waals surface area contributed by atoms with Crippen LogP contribution in [-0.4, -0.2) is 23.8 Å². The molecule has 0 aromatic rings. The van der Waals surface area contributed by atoms with Gasteiger partial charge in [-0.1, -0.05) is 26.7 Å². The summed E-state index contributed by atoms with van der Waals surface area (Å²) < 4.78 is 0. The van der Waals surface area contributed by atoms with Gasteiger partial charge in [0.15, 0.2) is 0 Å². The number of piperidine rings is 1. The number of aliphatic hydroxyl groups excluding tert-OH is 1. The summed E-state index contributed by atoms with van der Waals surface area (Å²) >= 11 is 0. The molecule has 4 fully saturated rings. The smallest absolute Gasteiger partial charge is 0.0596 e. The van der Waals surface area contributed by atoms with Crippen LogP contribution in [-0.2, 0) is 0 Å². The van der Waals surface area contributed by atoms with Gasteiger partial charge >= 0.3 is 0 Å². The van der Waals surface area contributed by atoms with Crippen LogP contribution in [0, 0.1) is 28.6 Å². The van der Waals surface area contributed by atoms with Crippen molar-refractivity contribution in [2.45, 2.75) is 77.4 Å². The van der Waals surface area contributed by atoms with Gasteiger partial charge in [-0.05, 0) is 73.7 Å². The molecule has 4 aliphatic rings. The Morgan fingerprint density at radius 1 is 0.900 bits per heavy atom. The van der Waals surface area contributed by atoms with Gasteiger partial charge in [0.2, 0.25) is 0 Å². The highest BCUT2D eigenvalue weighted by Gasteiger charge is 2.59. The monoisotopic (exact) mass is 277 g/mol. The Hall–Kier alpha value is -0.0800. The highest BCUT2D eigenvalue weighted by atomic mass is 16.3. The van der Waals surface area contributed by atoms with Crippen LogP contribution in [0.1, 0.15) is 65.2 Å². The third-order valence-electron chi connectivity index (χ3n) is 8.09.